The first-order valence-corrected chi connectivity index (χ1v) is 9.71. The van der Waals surface area contributed by atoms with E-state index in [1.165, 1.54) is 83.5 Å². The van der Waals surface area contributed by atoms with Crippen LogP contribution in [0.1, 0.15) is 97.3 Å². The van der Waals surface area contributed by atoms with Gasteiger partial charge in [0, 0.05) is 12.6 Å². The molecule has 0 radical (unpaired) electrons. The number of hydrogen-bond acceptors (Lipinski definition) is 2. The molecular formula is C19H39NO. The van der Waals surface area contributed by atoms with Crippen LogP contribution in [-0.2, 0) is 4.74 Å². The van der Waals surface area contributed by atoms with Gasteiger partial charge in [-0.25, -0.2) is 0 Å². The Labute approximate surface area is 133 Å². The molecule has 0 aromatic carbocycles. The summed E-state index contributed by atoms with van der Waals surface area (Å²) in [6.45, 7) is 6.62. The van der Waals surface area contributed by atoms with E-state index in [-0.39, 0.29) is 0 Å². The molecule has 0 saturated carbocycles. The number of rotatable bonds is 14. The molecule has 1 N–H and O–H groups in total. The van der Waals surface area contributed by atoms with Crippen molar-refractivity contribution in [3.8, 4) is 0 Å². The summed E-state index contributed by atoms with van der Waals surface area (Å²) in [7, 11) is 0. The fourth-order valence-electron chi connectivity index (χ4n) is 3.42. The second-order valence-corrected chi connectivity index (χ2v) is 6.73. The van der Waals surface area contributed by atoms with Crippen LogP contribution in [0.25, 0.3) is 0 Å². The second kappa shape index (κ2) is 13.6. The lowest BCUT2D eigenvalue weighted by molar-refractivity contribution is 0.0992. The fraction of sp³-hybridized carbons (Fsp3) is 1.00. The average Bonchev–Trinajstić information content (AvgIpc) is 3.00. The van der Waals surface area contributed by atoms with Gasteiger partial charge in [0.25, 0.3) is 0 Å². The van der Waals surface area contributed by atoms with Crippen LogP contribution >= 0.6 is 0 Å². The van der Waals surface area contributed by atoms with E-state index in [1.807, 2.05) is 0 Å². The van der Waals surface area contributed by atoms with Crippen molar-refractivity contribution in [3.63, 3.8) is 0 Å². The lowest BCUT2D eigenvalue weighted by Crippen LogP contribution is -2.29. The molecule has 2 atom stereocenters. The predicted molar refractivity (Wildman–Crippen MR) is 92.9 cm³/mol. The summed E-state index contributed by atoms with van der Waals surface area (Å²) in [6.07, 6.45) is 18.4. The predicted octanol–water partition coefficient (Wildman–Crippen LogP) is 5.45. The molecule has 2 unspecified atom stereocenters. The third-order valence-electron chi connectivity index (χ3n) is 4.76. The minimum atomic E-state index is 0.560. The first kappa shape index (κ1) is 19.0. The van der Waals surface area contributed by atoms with Crippen LogP contribution in [0.2, 0.25) is 0 Å². The van der Waals surface area contributed by atoms with Crippen molar-refractivity contribution < 1.29 is 4.74 Å². The molecule has 0 amide bonds. The van der Waals surface area contributed by atoms with Gasteiger partial charge in [0.15, 0.2) is 0 Å². The van der Waals surface area contributed by atoms with Crippen LogP contribution in [0, 0.1) is 0 Å². The number of unbranched alkanes of at least 4 members (excludes halogenated alkanes) is 7. The summed E-state index contributed by atoms with van der Waals surface area (Å²) in [5.74, 6) is 0. The highest BCUT2D eigenvalue weighted by Crippen LogP contribution is 2.19. The van der Waals surface area contributed by atoms with Crippen molar-refractivity contribution in [1.29, 1.82) is 0 Å². The van der Waals surface area contributed by atoms with Crippen LogP contribution in [0.15, 0.2) is 0 Å². The molecule has 1 heterocycles. The molecule has 1 rings (SSSR count). The molecular weight excluding hydrogens is 258 g/mol. The van der Waals surface area contributed by atoms with Gasteiger partial charge in [-0.15, -0.1) is 0 Å². The maximum atomic E-state index is 5.74. The Bertz CT molecular complexity index is 214. The van der Waals surface area contributed by atoms with Crippen molar-refractivity contribution in [1.82, 2.24) is 5.32 Å². The van der Waals surface area contributed by atoms with Crippen LogP contribution in [0.4, 0.5) is 0 Å². The van der Waals surface area contributed by atoms with Crippen molar-refractivity contribution in [2.24, 2.45) is 0 Å². The normalized spacial score (nSPS) is 20.0. The van der Waals surface area contributed by atoms with E-state index in [0.29, 0.717) is 6.10 Å². The van der Waals surface area contributed by atoms with E-state index >= 15 is 0 Å². The average molecular weight is 298 g/mol. The molecule has 0 aliphatic carbocycles. The molecule has 21 heavy (non-hydrogen) atoms. The van der Waals surface area contributed by atoms with E-state index in [0.717, 1.165) is 19.2 Å². The Hall–Kier alpha value is -0.0800. The summed E-state index contributed by atoms with van der Waals surface area (Å²) in [5.41, 5.74) is 0. The maximum Gasteiger partial charge on any atom is 0.0576 e. The van der Waals surface area contributed by atoms with Gasteiger partial charge < -0.3 is 10.1 Å². The van der Waals surface area contributed by atoms with Gasteiger partial charge in [-0.2, -0.15) is 0 Å². The highest BCUT2D eigenvalue weighted by atomic mass is 16.5. The Balaban J connectivity index is 1.96. The molecule has 1 aliphatic rings. The summed E-state index contributed by atoms with van der Waals surface area (Å²) < 4.78 is 5.74. The first-order valence-electron chi connectivity index (χ1n) is 9.71. The van der Waals surface area contributed by atoms with E-state index in [9.17, 15) is 0 Å². The first-order chi connectivity index (χ1) is 10.4. The molecule has 0 aromatic rings. The lowest BCUT2D eigenvalue weighted by atomic mass is 9.99. The molecule has 0 bridgehead atoms. The monoisotopic (exact) mass is 297 g/mol. The van der Waals surface area contributed by atoms with Gasteiger partial charge in [-0.3, -0.25) is 0 Å². The van der Waals surface area contributed by atoms with Crippen LogP contribution < -0.4 is 5.32 Å². The minimum Gasteiger partial charge on any atom is -0.378 e. The van der Waals surface area contributed by atoms with E-state index in [1.54, 1.807) is 0 Å². The Morgan fingerprint density at radius 1 is 0.952 bits per heavy atom. The largest absolute Gasteiger partial charge is 0.378 e. The standard InChI is InChI=1S/C19H39NO/c1-3-5-6-7-8-9-10-11-13-18(20-4-2)15-16-19-14-12-17-21-19/h18-20H,3-17H2,1-2H3. The Morgan fingerprint density at radius 2 is 1.67 bits per heavy atom. The van der Waals surface area contributed by atoms with E-state index < -0.39 is 0 Å². The Kier molecular flexibility index (Phi) is 12.3. The zero-order valence-corrected chi connectivity index (χ0v) is 14.7. The van der Waals surface area contributed by atoms with Gasteiger partial charge >= 0.3 is 0 Å². The zero-order chi connectivity index (χ0) is 15.2. The maximum absolute atomic E-state index is 5.74. The minimum absolute atomic E-state index is 0.560. The molecule has 1 aliphatic heterocycles. The quantitative estimate of drug-likeness (QED) is 0.430. The smallest absolute Gasteiger partial charge is 0.0576 e. The number of nitrogens with one attached hydrogen (secondary N) is 1. The van der Waals surface area contributed by atoms with Crippen LogP contribution in [-0.4, -0.2) is 25.3 Å². The van der Waals surface area contributed by atoms with Gasteiger partial charge in [0.05, 0.1) is 6.10 Å². The molecule has 1 saturated heterocycles. The third-order valence-corrected chi connectivity index (χ3v) is 4.76. The molecule has 0 aromatic heterocycles. The highest BCUT2D eigenvalue weighted by Gasteiger charge is 2.17. The van der Waals surface area contributed by atoms with Crippen LogP contribution in [0.5, 0.6) is 0 Å². The van der Waals surface area contributed by atoms with Crippen molar-refractivity contribution >= 4 is 0 Å². The van der Waals surface area contributed by atoms with Gasteiger partial charge in [-0.1, -0.05) is 65.2 Å². The fourth-order valence-corrected chi connectivity index (χ4v) is 3.42. The number of ether oxygens (including phenoxy) is 1. The van der Waals surface area contributed by atoms with Gasteiger partial charge in [-0.05, 0) is 38.6 Å². The lowest BCUT2D eigenvalue weighted by Gasteiger charge is -2.19. The SMILES string of the molecule is CCCCCCCCCCC(CCC1CCCO1)NCC. The van der Waals surface area contributed by atoms with Crippen molar-refractivity contribution in [2.45, 2.75) is 109 Å². The Morgan fingerprint density at radius 3 is 2.29 bits per heavy atom. The highest BCUT2D eigenvalue weighted by molar-refractivity contribution is 4.72. The zero-order valence-electron chi connectivity index (χ0n) is 14.7. The molecule has 2 nitrogen and oxygen atoms in total. The van der Waals surface area contributed by atoms with E-state index in [4.69, 9.17) is 4.74 Å². The molecule has 126 valence electrons. The summed E-state index contributed by atoms with van der Waals surface area (Å²) in [6, 6.07) is 0.722. The molecule has 0 spiro atoms. The van der Waals surface area contributed by atoms with Gasteiger partial charge in [0.2, 0.25) is 0 Å². The third kappa shape index (κ3) is 10.3. The van der Waals surface area contributed by atoms with Crippen molar-refractivity contribution in [2.75, 3.05) is 13.2 Å². The van der Waals surface area contributed by atoms with Crippen LogP contribution in [0.3, 0.4) is 0 Å². The van der Waals surface area contributed by atoms with Gasteiger partial charge in [0.1, 0.15) is 0 Å². The van der Waals surface area contributed by atoms with Crippen molar-refractivity contribution in [3.05, 3.63) is 0 Å². The number of hydrogen-bond donors (Lipinski definition) is 1. The summed E-state index contributed by atoms with van der Waals surface area (Å²) >= 11 is 0. The summed E-state index contributed by atoms with van der Waals surface area (Å²) in [5, 5.41) is 3.67. The molecule has 2 heteroatoms. The molecule has 1 fully saturated rings. The summed E-state index contributed by atoms with van der Waals surface area (Å²) in [4.78, 5) is 0. The topological polar surface area (TPSA) is 21.3 Å². The second-order valence-electron chi connectivity index (χ2n) is 6.73. The van der Waals surface area contributed by atoms with E-state index in [2.05, 4.69) is 19.2 Å².